The van der Waals surface area contributed by atoms with E-state index in [0.717, 1.165) is 95.1 Å². The minimum atomic E-state index is -0.804. The lowest BCUT2D eigenvalue weighted by molar-refractivity contribution is -0.577. The first kappa shape index (κ1) is 39.0. The zero-order valence-corrected chi connectivity index (χ0v) is 34.5. The van der Waals surface area contributed by atoms with Crippen molar-refractivity contribution in [3.8, 4) is 0 Å². The van der Waals surface area contributed by atoms with Crippen LogP contribution in [0, 0.1) is 47.3 Å². The van der Waals surface area contributed by atoms with Crippen LogP contribution in [0.5, 0.6) is 0 Å². The van der Waals surface area contributed by atoms with Crippen LogP contribution in [0.2, 0.25) is 0 Å². The third kappa shape index (κ3) is 6.63. The second-order valence-corrected chi connectivity index (χ2v) is 19.2. The normalized spacial score (nSPS) is 47.3. The van der Waals surface area contributed by atoms with E-state index in [1.54, 1.807) is 0 Å². The third-order valence-electron chi connectivity index (χ3n) is 15.4. The molecule has 10 heterocycles. The molecule has 16 nitrogen and oxygen atoms in total. The summed E-state index contributed by atoms with van der Waals surface area (Å²) in [7, 11) is 0. The highest BCUT2D eigenvalue weighted by Gasteiger charge is 2.71. The van der Waals surface area contributed by atoms with E-state index < -0.39 is 47.9 Å². The molecule has 316 valence electrons. The maximum atomic E-state index is 6.57. The predicted octanol–water partition coefficient (Wildman–Crippen LogP) is 6.19. The summed E-state index contributed by atoms with van der Waals surface area (Å²) in [6.07, 6.45) is 13.0. The Bertz CT molecular complexity index is 1630. The van der Waals surface area contributed by atoms with Gasteiger partial charge in [0.05, 0.1) is 25.6 Å². The van der Waals surface area contributed by atoms with Gasteiger partial charge in [0.25, 0.3) is 0 Å². The van der Waals surface area contributed by atoms with Gasteiger partial charge in [-0.2, -0.15) is 0 Å². The Kier molecular flexibility index (Phi) is 10.1. The van der Waals surface area contributed by atoms with Gasteiger partial charge in [0.1, 0.15) is 11.4 Å². The standard InChI is InChI=1S/C41H62N6O10/c1-24-10-12-32-26(3)34(50-36-40(32)30(24)14-16-38(5,52-36)54-56-40)48-22-28-20-46(44-42-28)18-8-7-9-19-47-21-29(43-45-47)23-49-35-27(4)33-13-11-25(2)31-15-17-39(6)53-37(51-35)41(31,33)57-55-39/h20-21,24-27,30-37H,7-19,22-23H2,1-6H3/t24-,25-,26-,27-,30+,31+,32+,33+,34-,35-,36-,37-,38-,39-,40-,41-/m1/s1. The molecule has 2 aromatic heterocycles. The molecule has 8 aliphatic heterocycles. The minimum absolute atomic E-state index is 0.113. The summed E-state index contributed by atoms with van der Waals surface area (Å²) >= 11 is 0. The molecule has 57 heavy (non-hydrogen) atoms. The molecular formula is C41H62N6O10. The highest BCUT2D eigenvalue weighted by Crippen LogP contribution is 2.62. The SMILES string of the molecule is C[C@H]1[C@H](OCc2cn(CCCCCn3cc(CO[C@@H]4O[C@@H]5O[C@@]6(C)CC[C@H]7[C@H](C)CC[C@@H]([C@H]4C)[C@@]57OO6)nn3)nn2)O[C@@H]2O[C@@]3(C)CC[C@H]4[C@H](C)CC[C@@H]1[C@@]24OO3. The van der Waals surface area contributed by atoms with Crippen molar-refractivity contribution in [2.75, 3.05) is 0 Å². The van der Waals surface area contributed by atoms with Crippen molar-refractivity contribution < 1.29 is 48.0 Å². The molecule has 0 radical (unpaired) electrons. The zero-order chi connectivity index (χ0) is 39.2. The first-order chi connectivity index (χ1) is 27.5. The van der Waals surface area contributed by atoms with Crippen LogP contribution in [0.1, 0.15) is 124 Å². The molecule has 0 amide bonds. The molecule has 12 rings (SSSR count). The maximum Gasteiger partial charge on any atom is 0.201 e. The van der Waals surface area contributed by atoms with E-state index in [-0.39, 0.29) is 23.7 Å². The van der Waals surface area contributed by atoms with E-state index in [4.69, 9.17) is 48.0 Å². The lowest BCUT2D eigenvalue weighted by atomic mass is 9.58. The van der Waals surface area contributed by atoms with Gasteiger partial charge in [0.2, 0.25) is 11.6 Å². The van der Waals surface area contributed by atoms with E-state index in [9.17, 15) is 0 Å². The van der Waals surface area contributed by atoms with Crippen molar-refractivity contribution in [3.05, 3.63) is 23.8 Å². The average Bonchev–Trinajstić information content (AvgIpc) is 3.71. The van der Waals surface area contributed by atoms with Crippen LogP contribution >= 0.6 is 0 Å². The van der Waals surface area contributed by atoms with E-state index >= 15 is 0 Å². The van der Waals surface area contributed by atoms with E-state index in [1.165, 1.54) is 0 Å². The fourth-order valence-corrected chi connectivity index (χ4v) is 12.2. The number of aryl methyl sites for hydroxylation is 2. The van der Waals surface area contributed by atoms with Gasteiger partial charge in [-0.1, -0.05) is 38.1 Å². The summed E-state index contributed by atoms with van der Waals surface area (Å²) in [6.45, 7) is 15.1. The van der Waals surface area contributed by atoms with E-state index in [0.29, 0.717) is 36.9 Å². The summed E-state index contributed by atoms with van der Waals surface area (Å²) in [4.78, 5) is 24.4. The smallest absolute Gasteiger partial charge is 0.201 e. The van der Waals surface area contributed by atoms with Gasteiger partial charge in [-0.3, -0.25) is 9.36 Å². The van der Waals surface area contributed by atoms with Crippen molar-refractivity contribution in [1.29, 1.82) is 0 Å². The van der Waals surface area contributed by atoms with Gasteiger partial charge in [0.15, 0.2) is 36.4 Å². The third-order valence-corrected chi connectivity index (χ3v) is 15.4. The summed E-state index contributed by atoms with van der Waals surface area (Å²) < 4.78 is 42.6. The summed E-state index contributed by atoms with van der Waals surface area (Å²) in [5.74, 6) is 0.759. The van der Waals surface area contributed by atoms with Gasteiger partial charge < -0.3 is 28.4 Å². The Labute approximate surface area is 335 Å². The van der Waals surface area contributed by atoms with Gasteiger partial charge in [0, 0.05) is 49.6 Å². The predicted molar refractivity (Wildman–Crippen MR) is 197 cm³/mol. The Morgan fingerprint density at radius 1 is 0.596 bits per heavy atom. The number of nitrogens with zero attached hydrogens (tertiary/aromatic N) is 6. The van der Waals surface area contributed by atoms with Crippen molar-refractivity contribution in [3.63, 3.8) is 0 Å². The first-order valence-corrected chi connectivity index (χ1v) is 21.9. The van der Waals surface area contributed by atoms with Gasteiger partial charge >= 0.3 is 0 Å². The minimum Gasteiger partial charge on any atom is -0.346 e. The Morgan fingerprint density at radius 2 is 1.05 bits per heavy atom. The molecule has 0 N–H and O–H groups in total. The lowest BCUT2D eigenvalue weighted by Gasteiger charge is -2.60. The van der Waals surface area contributed by atoms with E-state index in [1.807, 2.05) is 35.6 Å². The van der Waals surface area contributed by atoms with Gasteiger partial charge in [-0.25, -0.2) is 19.6 Å². The fraction of sp³-hybridized carbons (Fsp3) is 0.902. The highest BCUT2D eigenvalue weighted by atomic mass is 17.3. The van der Waals surface area contributed by atoms with Crippen molar-refractivity contribution in [1.82, 2.24) is 30.0 Å². The Balaban J connectivity index is 0.668. The topological polar surface area (TPSA) is 154 Å². The maximum absolute atomic E-state index is 6.57. The van der Waals surface area contributed by atoms with Crippen LogP contribution in [-0.2, 0) is 74.3 Å². The Hall–Kier alpha value is -2.12. The monoisotopic (exact) mass is 798 g/mol. The molecule has 2 spiro atoms. The van der Waals surface area contributed by atoms with E-state index in [2.05, 4.69) is 48.3 Å². The number of rotatable bonds is 12. The quantitative estimate of drug-likeness (QED) is 0.177. The van der Waals surface area contributed by atoms with Gasteiger partial charge in [-0.15, -0.1) is 10.2 Å². The number of aromatic nitrogens is 6. The molecular weight excluding hydrogens is 736 g/mol. The molecule has 0 unspecified atom stereocenters. The van der Waals surface area contributed by atoms with Gasteiger partial charge in [-0.05, 0) is 95.3 Å². The van der Waals surface area contributed by atoms with Crippen LogP contribution < -0.4 is 0 Å². The zero-order valence-electron chi connectivity index (χ0n) is 34.5. The Morgan fingerprint density at radius 3 is 1.51 bits per heavy atom. The number of hydrogen-bond donors (Lipinski definition) is 0. The average molecular weight is 799 g/mol. The molecule has 0 aromatic carbocycles. The largest absolute Gasteiger partial charge is 0.346 e. The molecule has 8 saturated heterocycles. The summed E-state index contributed by atoms with van der Waals surface area (Å²) in [6, 6.07) is 0. The summed E-state index contributed by atoms with van der Waals surface area (Å²) in [5.41, 5.74) is 0.374. The molecule has 16 heteroatoms. The molecule has 10 aliphatic rings. The second-order valence-electron chi connectivity index (χ2n) is 19.2. The van der Waals surface area contributed by atoms with Crippen LogP contribution in [-0.4, -0.2) is 77.9 Å². The second kappa shape index (κ2) is 14.8. The first-order valence-electron chi connectivity index (χ1n) is 21.9. The molecule has 4 bridgehead atoms. The summed E-state index contributed by atoms with van der Waals surface area (Å²) in [5, 5.41) is 17.5. The lowest BCUT2D eigenvalue weighted by Crippen LogP contribution is -2.70. The number of unbranched alkanes of at least 4 members (excludes halogenated alkanes) is 2. The fourth-order valence-electron chi connectivity index (χ4n) is 12.2. The number of ether oxygens (including phenoxy) is 6. The van der Waals surface area contributed by atoms with Crippen LogP contribution in [0.3, 0.4) is 0 Å². The number of hydrogen-bond acceptors (Lipinski definition) is 14. The van der Waals surface area contributed by atoms with Crippen LogP contribution in [0.4, 0.5) is 0 Å². The molecule has 2 saturated carbocycles. The molecule has 2 aliphatic carbocycles. The molecule has 2 aromatic rings. The molecule has 10 fully saturated rings. The number of fused-ring (bicyclic) bond motifs is 4. The van der Waals surface area contributed by atoms with Crippen LogP contribution in [0.15, 0.2) is 12.4 Å². The van der Waals surface area contributed by atoms with Crippen molar-refractivity contribution in [2.45, 2.75) is 186 Å². The van der Waals surface area contributed by atoms with Crippen molar-refractivity contribution in [2.24, 2.45) is 47.3 Å². The molecule has 16 atom stereocenters. The van der Waals surface area contributed by atoms with Crippen molar-refractivity contribution >= 4 is 0 Å². The van der Waals surface area contributed by atoms with Crippen LogP contribution in [0.25, 0.3) is 0 Å². The highest BCUT2D eigenvalue weighted by molar-refractivity contribution is 5.11.